The first-order valence-electron chi connectivity index (χ1n) is 15.2. The van der Waals surface area contributed by atoms with Crippen LogP contribution in [0.1, 0.15) is 131 Å². The van der Waals surface area contributed by atoms with Gasteiger partial charge >= 0.3 is 0 Å². The van der Waals surface area contributed by atoms with Crippen molar-refractivity contribution >= 4 is 5.78 Å². The van der Waals surface area contributed by atoms with E-state index in [2.05, 4.69) is 33.2 Å². The molecule has 2 rings (SSSR count). The topological polar surface area (TPSA) is 37.3 Å². The van der Waals surface area contributed by atoms with Gasteiger partial charge in [-0.2, -0.15) is 0 Å². The van der Waals surface area contributed by atoms with Crippen LogP contribution >= 0.6 is 0 Å². The molecule has 0 radical (unpaired) electrons. The zero-order valence-electron chi connectivity index (χ0n) is 24.5. The van der Waals surface area contributed by atoms with E-state index >= 15 is 0 Å². The van der Waals surface area contributed by atoms with Gasteiger partial charge in [-0.05, 0) is 25.0 Å². The van der Waals surface area contributed by atoms with Crippen molar-refractivity contribution in [3.63, 3.8) is 0 Å². The van der Waals surface area contributed by atoms with Crippen molar-refractivity contribution in [2.24, 2.45) is 0 Å². The third-order valence-electron chi connectivity index (χ3n) is 7.59. The molecule has 0 heterocycles. The van der Waals surface area contributed by atoms with Crippen molar-refractivity contribution in [1.29, 1.82) is 0 Å². The fraction of sp³-hybridized carbons (Fsp3) is 0.618. The Balaban J connectivity index is 0.00000722. The van der Waals surface area contributed by atoms with Crippen LogP contribution in [-0.4, -0.2) is 36.0 Å². The van der Waals surface area contributed by atoms with Crippen LogP contribution in [0.4, 0.5) is 0 Å². The Bertz CT molecular complexity index is 878. The summed E-state index contributed by atoms with van der Waals surface area (Å²) >= 11 is 0. The van der Waals surface area contributed by atoms with Crippen LogP contribution in [0.5, 0.6) is 5.75 Å². The molecule has 0 aliphatic heterocycles. The highest BCUT2D eigenvalue weighted by Gasteiger charge is 2.17. The number of rotatable bonds is 21. The summed E-state index contributed by atoms with van der Waals surface area (Å²) in [5.41, 5.74) is 2.22. The van der Waals surface area contributed by atoms with E-state index in [1.54, 1.807) is 24.3 Å². The van der Waals surface area contributed by atoms with Gasteiger partial charge in [0.2, 0.25) is 0 Å². The summed E-state index contributed by atoms with van der Waals surface area (Å²) in [7, 11) is 4.60. The molecular formula is C34H54ClNO2. The fourth-order valence-electron chi connectivity index (χ4n) is 5.24. The summed E-state index contributed by atoms with van der Waals surface area (Å²) in [6.07, 6.45) is 22.5. The minimum atomic E-state index is -0.133. The molecule has 0 aliphatic carbocycles. The lowest BCUT2D eigenvalue weighted by Crippen LogP contribution is -3.00. The van der Waals surface area contributed by atoms with Crippen molar-refractivity contribution < 1.29 is 26.8 Å². The first kappa shape index (κ1) is 34.2. The van der Waals surface area contributed by atoms with E-state index < -0.39 is 0 Å². The Morgan fingerprint density at radius 2 is 1.11 bits per heavy atom. The molecule has 0 saturated heterocycles. The highest BCUT2D eigenvalue weighted by molar-refractivity contribution is 6.10. The van der Waals surface area contributed by atoms with Crippen LogP contribution in [0, 0.1) is 0 Å². The molecule has 0 aromatic heterocycles. The van der Waals surface area contributed by atoms with E-state index in [1.165, 1.54) is 115 Å². The lowest BCUT2D eigenvalue weighted by molar-refractivity contribution is -0.903. The molecule has 0 spiro atoms. The number of phenolic OH excluding ortho intramolecular Hbond substituents is 1. The molecule has 0 aliphatic rings. The van der Waals surface area contributed by atoms with Gasteiger partial charge in [0.05, 0.1) is 26.2 Å². The highest BCUT2D eigenvalue weighted by Crippen LogP contribution is 2.21. The maximum atomic E-state index is 12.7. The summed E-state index contributed by atoms with van der Waals surface area (Å²) in [5.74, 6) is -0.0975. The SMILES string of the molecule is CCCCCCCCCCCCCCCCCC[N+](C)(C)Cc1ccc(C(=O)c2ccccc2O)cc1.[Cl-]. The summed E-state index contributed by atoms with van der Waals surface area (Å²) in [4.78, 5) is 12.7. The standard InChI is InChI=1S/C34H53NO2.ClH/c1-4-5-6-7-8-9-10-11-12-13-14-15-16-17-18-21-28-35(2,3)29-30-24-26-31(27-25-30)34(37)32-22-19-20-23-33(32)36;/h19-20,22-27H,4-18,21,28-29H2,1-3H3;1H. The number of hydrogen-bond acceptors (Lipinski definition) is 2. The number of aromatic hydroxyl groups is 1. The minimum Gasteiger partial charge on any atom is -1.00 e. The van der Waals surface area contributed by atoms with Gasteiger partial charge in [-0.3, -0.25) is 4.79 Å². The normalized spacial score (nSPS) is 11.3. The average Bonchev–Trinajstić information content (AvgIpc) is 2.88. The highest BCUT2D eigenvalue weighted by atomic mass is 35.5. The summed E-state index contributed by atoms with van der Waals surface area (Å²) < 4.78 is 0.964. The van der Waals surface area contributed by atoms with Gasteiger partial charge in [-0.1, -0.05) is 133 Å². The lowest BCUT2D eigenvalue weighted by Gasteiger charge is -2.30. The van der Waals surface area contributed by atoms with Crippen molar-refractivity contribution in [3.05, 3.63) is 65.2 Å². The van der Waals surface area contributed by atoms with Crippen LogP contribution in [0.2, 0.25) is 0 Å². The largest absolute Gasteiger partial charge is 1.00 e. The lowest BCUT2D eigenvalue weighted by atomic mass is 10.0. The van der Waals surface area contributed by atoms with E-state index in [-0.39, 0.29) is 23.9 Å². The Kier molecular flexibility index (Phi) is 18.1. The number of unbranched alkanes of at least 4 members (excludes halogenated alkanes) is 15. The van der Waals surface area contributed by atoms with Crippen molar-refractivity contribution in [2.75, 3.05) is 20.6 Å². The van der Waals surface area contributed by atoms with Gasteiger partial charge < -0.3 is 22.0 Å². The minimum absolute atomic E-state index is 0. The van der Waals surface area contributed by atoms with E-state index in [9.17, 15) is 9.90 Å². The average molecular weight is 544 g/mol. The summed E-state index contributed by atoms with van der Waals surface area (Å²) in [6, 6.07) is 14.6. The summed E-state index contributed by atoms with van der Waals surface area (Å²) in [6.45, 7) is 4.43. The fourth-order valence-corrected chi connectivity index (χ4v) is 5.24. The van der Waals surface area contributed by atoms with E-state index in [1.807, 2.05) is 12.1 Å². The molecule has 214 valence electrons. The molecule has 3 nitrogen and oxygen atoms in total. The molecule has 0 saturated carbocycles. The molecule has 2 aromatic rings. The molecule has 0 atom stereocenters. The number of hydrogen-bond donors (Lipinski definition) is 1. The zero-order chi connectivity index (χ0) is 26.8. The molecule has 0 fully saturated rings. The van der Waals surface area contributed by atoms with Gasteiger partial charge in [0, 0.05) is 11.1 Å². The maximum Gasteiger partial charge on any atom is 0.196 e. The van der Waals surface area contributed by atoms with Gasteiger partial charge in [0.25, 0.3) is 0 Å². The molecule has 0 unspecified atom stereocenters. The second-order valence-corrected chi connectivity index (χ2v) is 11.7. The first-order valence-corrected chi connectivity index (χ1v) is 15.2. The number of nitrogens with zero attached hydrogens (tertiary/aromatic N) is 1. The van der Waals surface area contributed by atoms with Crippen molar-refractivity contribution in [2.45, 2.75) is 116 Å². The van der Waals surface area contributed by atoms with E-state index in [4.69, 9.17) is 0 Å². The third-order valence-corrected chi connectivity index (χ3v) is 7.59. The van der Waals surface area contributed by atoms with Crippen LogP contribution in [0.15, 0.2) is 48.5 Å². The molecule has 2 aromatic carbocycles. The van der Waals surface area contributed by atoms with Crippen molar-refractivity contribution in [3.8, 4) is 5.75 Å². The van der Waals surface area contributed by atoms with E-state index in [0.717, 1.165) is 11.0 Å². The number of benzene rings is 2. The van der Waals surface area contributed by atoms with Crippen molar-refractivity contribution in [1.82, 2.24) is 0 Å². The Labute approximate surface area is 240 Å². The third kappa shape index (κ3) is 14.4. The predicted octanol–water partition coefficient (Wildman–Crippen LogP) is 6.47. The number of carbonyl (C=O) groups excluding carboxylic acids is 1. The monoisotopic (exact) mass is 543 g/mol. The predicted molar refractivity (Wildman–Crippen MR) is 158 cm³/mol. The number of carbonyl (C=O) groups is 1. The Morgan fingerprint density at radius 3 is 1.58 bits per heavy atom. The molecule has 0 amide bonds. The van der Waals surface area contributed by atoms with Gasteiger partial charge in [-0.25, -0.2) is 0 Å². The molecule has 1 N–H and O–H groups in total. The van der Waals surface area contributed by atoms with Crippen LogP contribution < -0.4 is 12.4 Å². The Morgan fingerprint density at radius 1 is 0.658 bits per heavy atom. The van der Waals surface area contributed by atoms with E-state index in [0.29, 0.717) is 11.1 Å². The number of quaternary nitrogens is 1. The van der Waals surface area contributed by atoms with Crippen LogP contribution in [0.3, 0.4) is 0 Å². The smallest absolute Gasteiger partial charge is 0.196 e. The second kappa shape index (κ2) is 20.1. The number of ketones is 1. The molecule has 4 heteroatoms. The van der Waals surface area contributed by atoms with Gasteiger partial charge in [0.1, 0.15) is 12.3 Å². The summed E-state index contributed by atoms with van der Waals surface area (Å²) in [5, 5.41) is 9.96. The van der Waals surface area contributed by atoms with Gasteiger partial charge in [0.15, 0.2) is 5.78 Å². The molecule has 38 heavy (non-hydrogen) atoms. The zero-order valence-corrected chi connectivity index (χ0v) is 25.3. The molecular weight excluding hydrogens is 490 g/mol. The van der Waals surface area contributed by atoms with Crippen LogP contribution in [-0.2, 0) is 6.54 Å². The Hall–Kier alpha value is -1.84. The number of halogens is 1. The second-order valence-electron chi connectivity index (χ2n) is 11.7. The number of phenols is 1. The maximum absolute atomic E-state index is 12.7. The quantitative estimate of drug-likeness (QED) is 0.111. The molecule has 0 bridgehead atoms. The number of para-hydroxylation sites is 1. The van der Waals surface area contributed by atoms with Crippen LogP contribution in [0.25, 0.3) is 0 Å². The first-order chi connectivity index (χ1) is 17.9. The van der Waals surface area contributed by atoms with Gasteiger partial charge in [-0.15, -0.1) is 0 Å².